The van der Waals surface area contributed by atoms with Crippen LogP contribution in [0, 0.1) is 5.92 Å². The van der Waals surface area contributed by atoms with Crippen molar-refractivity contribution in [3.63, 3.8) is 0 Å². The van der Waals surface area contributed by atoms with Gasteiger partial charge in [-0.1, -0.05) is 13.8 Å². The van der Waals surface area contributed by atoms with Crippen LogP contribution in [0.3, 0.4) is 0 Å². The molecule has 1 aromatic rings. The number of aliphatic hydroxyl groups excluding tert-OH is 1. The van der Waals surface area contributed by atoms with Gasteiger partial charge in [-0.25, -0.2) is 0 Å². The van der Waals surface area contributed by atoms with Crippen LogP contribution in [0.5, 0.6) is 11.5 Å². The molecule has 3 N–H and O–H groups in total. The molecule has 5 heteroatoms. The molecule has 1 rings (SSSR count). The van der Waals surface area contributed by atoms with E-state index in [2.05, 4.69) is 19.2 Å². The third kappa shape index (κ3) is 4.13. The zero-order valence-corrected chi connectivity index (χ0v) is 11.6. The molecule has 0 radical (unpaired) electrons. The maximum Gasteiger partial charge on any atom is 0.255 e. The van der Waals surface area contributed by atoms with Crippen molar-refractivity contribution in [2.24, 2.45) is 5.92 Å². The summed E-state index contributed by atoms with van der Waals surface area (Å²) in [5.74, 6) is 0.121. The van der Waals surface area contributed by atoms with Crippen molar-refractivity contribution in [2.75, 3.05) is 20.3 Å². The molecule has 106 valence electrons. The standard InChI is InChI=1S/C14H21NO4/c1-9(2)6-10-7-11(14(18)15-4-5-16)13(17)12(8-10)19-3/h7-9,16-17H,4-6H2,1-3H3,(H,15,18). The molecule has 0 aliphatic rings. The predicted octanol–water partition coefficient (Wildman–Crippen LogP) is 1.32. The zero-order valence-electron chi connectivity index (χ0n) is 11.6. The fourth-order valence-corrected chi connectivity index (χ4v) is 1.85. The largest absolute Gasteiger partial charge is 0.504 e. The second kappa shape index (κ2) is 6.99. The van der Waals surface area contributed by atoms with Crippen LogP contribution in [0.15, 0.2) is 12.1 Å². The smallest absolute Gasteiger partial charge is 0.255 e. The second-order valence-corrected chi connectivity index (χ2v) is 4.77. The fraction of sp³-hybridized carbons (Fsp3) is 0.500. The average Bonchev–Trinajstić information content (AvgIpc) is 2.37. The number of ether oxygens (including phenoxy) is 1. The molecule has 0 aromatic heterocycles. The molecule has 0 unspecified atom stereocenters. The van der Waals surface area contributed by atoms with E-state index in [-0.39, 0.29) is 30.2 Å². The number of benzene rings is 1. The SMILES string of the molecule is COc1cc(CC(C)C)cc(C(=O)NCCO)c1O. The normalized spacial score (nSPS) is 10.6. The van der Waals surface area contributed by atoms with Crippen LogP contribution < -0.4 is 10.1 Å². The highest BCUT2D eigenvalue weighted by Crippen LogP contribution is 2.32. The summed E-state index contributed by atoms with van der Waals surface area (Å²) in [5.41, 5.74) is 1.10. The fourth-order valence-electron chi connectivity index (χ4n) is 1.85. The Morgan fingerprint density at radius 1 is 1.42 bits per heavy atom. The maximum absolute atomic E-state index is 11.9. The molecule has 0 atom stereocenters. The van der Waals surface area contributed by atoms with Crippen molar-refractivity contribution in [1.82, 2.24) is 5.32 Å². The van der Waals surface area contributed by atoms with Crippen molar-refractivity contribution < 1.29 is 19.7 Å². The summed E-state index contributed by atoms with van der Waals surface area (Å²) in [6, 6.07) is 3.39. The number of methoxy groups -OCH3 is 1. The first-order valence-corrected chi connectivity index (χ1v) is 6.28. The van der Waals surface area contributed by atoms with Gasteiger partial charge in [0.2, 0.25) is 0 Å². The second-order valence-electron chi connectivity index (χ2n) is 4.77. The molecule has 0 heterocycles. The van der Waals surface area contributed by atoms with Gasteiger partial charge in [0.05, 0.1) is 19.3 Å². The number of rotatable bonds is 6. The summed E-state index contributed by atoms with van der Waals surface area (Å²) in [4.78, 5) is 11.9. The van der Waals surface area contributed by atoms with Crippen LogP contribution in [0.2, 0.25) is 0 Å². The molecular formula is C14H21NO4. The molecule has 1 aromatic carbocycles. The lowest BCUT2D eigenvalue weighted by Gasteiger charge is -2.13. The molecule has 0 fully saturated rings. The summed E-state index contributed by atoms with van der Waals surface area (Å²) in [6.07, 6.45) is 0.789. The van der Waals surface area contributed by atoms with Crippen LogP contribution in [0.25, 0.3) is 0 Å². The van der Waals surface area contributed by atoms with Gasteiger partial charge in [-0.3, -0.25) is 4.79 Å². The predicted molar refractivity (Wildman–Crippen MR) is 72.6 cm³/mol. The Kier molecular flexibility index (Phi) is 5.63. The van der Waals surface area contributed by atoms with E-state index in [9.17, 15) is 9.90 Å². The minimum absolute atomic E-state index is 0.144. The summed E-state index contributed by atoms with van der Waals surface area (Å²) in [5, 5.41) is 21.2. The Bertz CT molecular complexity index is 443. The lowest BCUT2D eigenvalue weighted by Crippen LogP contribution is -2.26. The van der Waals surface area contributed by atoms with E-state index in [1.807, 2.05) is 0 Å². The Labute approximate surface area is 113 Å². The summed E-state index contributed by atoms with van der Waals surface area (Å²) < 4.78 is 5.08. The molecule has 5 nitrogen and oxygen atoms in total. The van der Waals surface area contributed by atoms with Crippen LogP contribution in [-0.2, 0) is 6.42 Å². The van der Waals surface area contributed by atoms with Gasteiger partial charge < -0.3 is 20.3 Å². The van der Waals surface area contributed by atoms with E-state index in [4.69, 9.17) is 9.84 Å². The minimum Gasteiger partial charge on any atom is -0.504 e. The number of hydrogen-bond acceptors (Lipinski definition) is 4. The number of carbonyl (C=O) groups excluding carboxylic acids is 1. The first-order valence-electron chi connectivity index (χ1n) is 6.28. The quantitative estimate of drug-likeness (QED) is 0.726. The minimum atomic E-state index is -0.421. The zero-order chi connectivity index (χ0) is 14.4. The van der Waals surface area contributed by atoms with Gasteiger partial charge in [0.1, 0.15) is 0 Å². The molecule has 0 aliphatic carbocycles. The van der Waals surface area contributed by atoms with E-state index >= 15 is 0 Å². The van der Waals surface area contributed by atoms with Gasteiger partial charge in [0, 0.05) is 6.54 Å². The summed E-state index contributed by atoms with van der Waals surface area (Å²) in [7, 11) is 1.45. The van der Waals surface area contributed by atoms with Gasteiger partial charge in [-0.15, -0.1) is 0 Å². The van der Waals surface area contributed by atoms with E-state index in [0.717, 1.165) is 12.0 Å². The molecule has 1 amide bonds. The van der Waals surface area contributed by atoms with Gasteiger partial charge in [-0.2, -0.15) is 0 Å². The highest BCUT2D eigenvalue weighted by molar-refractivity contribution is 5.97. The van der Waals surface area contributed by atoms with E-state index in [1.165, 1.54) is 7.11 Å². The van der Waals surface area contributed by atoms with Gasteiger partial charge >= 0.3 is 0 Å². The van der Waals surface area contributed by atoms with E-state index in [1.54, 1.807) is 12.1 Å². The van der Waals surface area contributed by atoms with Crippen LogP contribution in [0.4, 0.5) is 0 Å². The van der Waals surface area contributed by atoms with E-state index in [0.29, 0.717) is 5.92 Å². The van der Waals surface area contributed by atoms with Gasteiger partial charge in [-0.05, 0) is 30.0 Å². The van der Waals surface area contributed by atoms with Crippen molar-refractivity contribution >= 4 is 5.91 Å². The van der Waals surface area contributed by atoms with Gasteiger partial charge in [0.25, 0.3) is 5.91 Å². The number of phenols is 1. The monoisotopic (exact) mass is 267 g/mol. The first-order chi connectivity index (χ1) is 8.99. The number of phenolic OH excluding ortho intramolecular Hbond substituents is 1. The highest BCUT2D eigenvalue weighted by atomic mass is 16.5. The molecule has 0 saturated heterocycles. The Hall–Kier alpha value is -1.75. The van der Waals surface area contributed by atoms with Crippen molar-refractivity contribution in [1.29, 1.82) is 0 Å². The maximum atomic E-state index is 11.9. The van der Waals surface area contributed by atoms with Crippen LogP contribution >= 0.6 is 0 Å². The molecule has 0 aliphatic heterocycles. The molecule has 0 saturated carbocycles. The number of aliphatic hydroxyl groups is 1. The highest BCUT2D eigenvalue weighted by Gasteiger charge is 2.17. The van der Waals surface area contributed by atoms with Crippen LogP contribution in [-0.4, -0.2) is 36.4 Å². The number of aromatic hydroxyl groups is 1. The number of hydrogen-bond donors (Lipinski definition) is 3. The number of carbonyl (C=O) groups is 1. The third-order valence-electron chi connectivity index (χ3n) is 2.64. The number of amides is 1. The lowest BCUT2D eigenvalue weighted by molar-refractivity contribution is 0.0941. The topological polar surface area (TPSA) is 78.8 Å². The van der Waals surface area contributed by atoms with Gasteiger partial charge in [0.15, 0.2) is 11.5 Å². The Morgan fingerprint density at radius 3 is 2.63 bits per heavy atom. The molecule has 0 bridgehead atoms. The first kappa shape index (κ1) is 15.3. The van der Waals surface area contributed by atoms with Crippen molar-refractivity contribution in [3.8, 4) is 11.5 Å². The molecule has 0 spiro atoms. The van der Waals surface area contributed by atoms with Crippen molar-refractivity contribution in [3.05, 3.63) is 23.3 Å². The summed E-state index contributed by atoms with van der Waals surface area (Å²) >= 11 is 0. The summed E-state index contributed by atoms with van der Waals surface area (Å²) in [6.45, 7) is 4.15. The average molecular weight is 267 g/mol. The van der Waals surface area contributed by atoms with E-state index < -0.39 is 5.91 Å². The van der Waals surface area contributed by atoms with Crippen molar-refractivity contribution in [2.45, 2.75) is 20.3 Å². The lowest BCUT2D eigenvalue weighted by atomic mass is 9.99. The Balaban J connectivity index is 3.10. The number of nitrogens with one attached hydrogen (secondary N) is 1. The Morgan fingerprint density at radius 2 is 2.11 bits per heavy atom. The third-order valence-corrected chi connectivity index (χ3v) is 2.64. The van der Waals surface area contributed by atoms with Crippen LogP contribution in [0.1, 0.15) is 29.8 Å². The molecule has 19 heavy (non-hydrogen) atoms. The molecular weight excluding hydrogens is 246 g/mol.